The van der Waals surface area contributed by atoms with Crippen LogP contribution in [0.3, 0.4) is 0 Å². The molecule has 0 atom stereocenters. The van der Waals surface area contributed by atoms with Gasteiger partial charge in [-0.3, -0.25) is 14.9 Å². The molecule has 1 aliphatic heterocycles. The summed E-state index contributed by atoms with van der Waals surface area (Å²) in [6.07, 6.45) is 1.95. The molecule has 1 fully saturated rings. The van der Waals surface area contributed by atoms with Crippen LogP contribution in [0, 0.1) is 10.1 Å². The zero-order valence-electron chi connectivity index (χ0n) is 11.9. The maximum Gasteiger partial charge on any atom is 0.292 e. The molecule has 1 saturated heterocycles. The molecule has 0 radical (unpaired) electrons. The van der Waals surface area contributed by atoms with Gasteiger partial charge in [0.05, 0.1) is 4.92 Å². The lowest BCUT2D eigenvalue weighted by atomic mass is 10.1. The fourth-order valence-electron chi connectivity index (χ4n) is 2.28. The molecule has 1 aromatic carbocycles. The molecule has 0 unspecified atom stereocenters. The van der Waals surface area contributed by atoms with Crippen molar-refractivity contribution < 1.29 is 9.72 Å². The van der Waals surface area contributed by atoms with Crippen LogP contribution in [0.2, 0.25) is 0 Å². The number of rotatable bonds is 5. The molecule has 7 heteroatoms. The highest BCUT2D eigenvalue weighted by Crippen LogP contribution is 2.25. The van der Waals surface area contributed by atoms with Crippen LogP contribution < -0.4 is 10.6 Å². The largest absolute Gasteiger partial charge is 0.380 e. The molecule has 2 rings (SSSR count). The predicted octanol–water partition coefficient (Wildman–Crippen LogP) is 2.65. The van der Waals surface area contributed by atoms with Crippen molar-refractivity contribution in [3.8, 4) is 0 Å². The maximum absolute atomic E-state index is 12.2. The van der Waals surface area contributed by atoms with E-state index in [0.717, 1.165) is 24.3 Å². The van der Waals surface area contributed by atoms with E-state index < -0.39 is 4.92 Å². The van der Waals surface area contributed by atoms with Gasteiger partial charge in [0.2, 0.25) is 0 Å². The van der Waals surface area contributed by atoms with Crippen LogP contribution >= 0.6 is 11.8 Å². The number of anilines is 1. The number of nitrogens with zero attached hydrogens (tertiary/aromatic N) is 1. The first kappa shape index (κ1) is 15.6. The minimum absolute atomic E-state index is 0.0116. The van der Waals surface area contributed by atoms with Gasteiger partial charge in [-0.15, -0.1) is 0 Å². The van der Waals surface area contributed by atoms with Crippen LogP contribution in [0.15, 0.2) is 18.2 Å². The van der Waals surface area contributed by atoms with Crippen molar-refractivity contribution in [1.29, 1.82) is 0 Å². The van der Waals surface area contributed by atoms with E-state index >= 15 is 0 Å². The summed E-state index contributed by atoms with van der Waals surface area (Å²) < 4.78 is 0. The average molecular weight is 309 g/mol. The van der Waals surface area contributed by atoms with E-state index in [0.29, 0.717) is 17.8 Å². The highest BCUT2D eigenvalue weighted by Gasteiger charge is 2.19. The van der Waals surface area contributed by atoms with Crippen molar-refractivity contribution in [1.82, 2.24) is 5.32 Å². The van der Waals surface area contributed by atoms with Gasteiger partial charge in [-0.2, -0.15) is 11.8 Å². The summed E-state index contributed by atoms with van der Waals surface area (Å²) in [6.45, 7) is 2.42. The van der Waals surface area contributed by atoms with Gasteiger partial charge in [0.25, 0.3) is 11.6 Å². The van der Waals surface area contributed by atoms with Gasteiger partial charge >= 0.3 is 0 Å². The van der Waals surface area contributed by atoms with Crippen molar-refractivity contribution in [3.05, 3.63) is 33.9 Å². The van der Waals surface area contributed by atoms with E-state index in [9.17, 15) is 14.9 Å². The maximum atomic E-state index is 12.2. The number of amides is 1. The summed E-state index contributed by atoms with van der Waals surface area (Å²) in [4.78, 5) is 22.7. The fraction of sp³-hybridized carbons (Fsp3) is 0.500. The highest BCUT2D eigenvalue weighted by molar-refractivity contribution is 7.99. The van der Waals surface area contributed by atoms with E-state index in [-0.39, 0.29) is 17.6 Å². The summed E-state index contributed by atoms with van der Waals surface area (Å²) in [7, 11) is 0. The van der Waals surface area contributed by atoms with Gasteiger partial charge in [-0.1, -0.05) is 0 Å². The summed E-state index contributed by atoms with van der Waals surface area (Å²) in [5.74, 6) is 1.96. The number of benzene rings is 1. The smallest absolute Gasteiger partial charge is 0.292 e. The van der Waals surface area contributed by atoms with Crippen LogP contribution in [0.5, 0.6) is 0 Å². The second-order valence-corrected chi connectivity index (χ2v) is 6.10. The molecule has 6 nitrogen and oxygen atoms in total. The molecule has 0 aromatic heterocycles. The standard InChI is InChI=1S/C14H19N3O3S/c1-2-15-12-9-10(3-4-13(12)17(19)20)14(18)16-11-5-7-21-8-6-11/h3-4,9,11,15H,2,5-8H2,1H3,(H,16,18). The van der Waals surface area contributed by atoms with Crippen LogP contribution in [0.25, 0.3) is 0 Å². The Kier molecular flexibility index (Phi) is 5.44. The predicted molar refractivity (Wildman–Crippen MR) is 85.1 cm³/mol. The molecule has 2 N–H and O–H groups in total. The van der Waals surface area contributed by atoms with Crippen LogP contribution in [0.1, 0.15) is 30.1 Å². The Morgan fingerprint density at radius 3 is 2.76 bits per heavy atom. The zero-order valence-corrected chi connectivity index (χ0v) is 12.7. The third-order valence-corrected chi connectivity index (χ3v) is 4.43. The Morgan fingerprint density at radius 2 is 2.14 bits per heavy atom. The van der Waals surface area contributed by atoms with Gasteiger partial charge in [-0.05, 0) is 43.4 Å². The quantitative estimate of drug-likeness (QED) is 0.645. The molecule has 0 spiro atoms. The molecule has 1 aromatic rings. The number of nitro benzene ring substituents is 1. The minimum Gasteiger partial charge on any atom is -0.380 e. The van der Waals surface area contributed by atoms with E-state index in [2.05, 4.69) is 10.6 Å². The van der Waals surface area contributed by atoms with Crippen molar-refractivity contribution in [2.24, 2.45) is 0 Å². The highest BCUT2D eigenvalue weighted by atomic mass is 32.2. The van der Waals surface area contributed by atoms with Crippen molar-refractivity contribution in [2.45, 2.75) is 25.8 Å². The van der Waals surface area contributed by atoms with Crippen LogP contribution in [-0.4, -0.2) is 34.9 Å². The second kappa shape index (κ2) is 7.31. The van der Waals surface area contributed by atoms with E-state index in [1.54, 1.807) is 6.07 Å². The number of carbonyl (C=O) groups excluding carboxylic acids is 1. The summed E-state index contributed by atoms with van der Waals surface area (Å²) in [6, 6.07) is 4.64. The summed E-state index contributed by atoms with van der Waals surface area (Å²) in [5, 5.41) is 16.9. The third-order valence-electron chi connectivity index (χ3n) is 3.38. The molecule has 21 heavy (non-hydrogen) atoms. The average Bonchev–Trinajstić information content (AvgIpc) is 2.48. The van der Waals surface area contributed by atoms with Gasteiger partial charge in [0, 0.05) is 24.2 Å². The minimum atomic E-state index is -0.446. The molecule has 1 heterocycles. The SMILES string of the molecule is CCNc1cc(C(=O)NC2CCSCC2)ccc1[N+](=O)[O-]. The normalized spacial score (nSPS) is 15.5. The lowest BCUT2D eigenvalue weighted by Gasteiger charge is -2.22. The van der Waals surface area contributed by atoms with Crippen LogP contribution in [0.4, 0.5) is 11.4 Å². The molecular formula is C14H19N3O3S. The van der Waals surface area contributed by atoms with Gasteiger partial charge in [0.15, 0.2) is 0 Å². The van der Waals surface area contributed by atoms with Crippen molar-refractivity contribution in [2.75, 3.05) is 23.4 Å². The number of hydrogen-bond acceptors (Lipinski definition) is 5. The Labute approximate surface area is 127 Å². The Bertz CT molecular complexity index is 530. The number of thioether (sulfide) groups is 1. The lowest BCUT2D eigenvalue weighted by molar-refractivity contribution is -0.384. The van der Waals surface area contributed by atoms with E-state index in [1.165, 1.54) is 12.1 Å². The Balaban J connectivity index is 2.13. The van der Waals surface area contributed by atoms with E-state index in [1.807, 2.05) is 18.7 Å². The van der Waals surface area contributed by atoms with Crippen molar-refractivity contribution in [3.63, 3.8) is 0 Å². The van der Waals surface area contributed by atoms with E-state index in [4.69, 9.17) is 0 Å². The fourth-order valence-corrected chi connectivity index (χ4v) is 3.39. The Morgan fingerprint density at radius 1 is 1.43 bits per heavy atom. The number of hydrogen-bond donors (Lipinski definition) is 2. The number of nitro groups is 1. The number of nitrogens with one attached hydrogen (secondary N) is 2. The first-order chi connectivity index (χ1) is 10.1. The van der Waals surface area contributed by atoms with Crippen LogP contribution in [-0.2, 0) is 0 Å². The molecule has 0 aliphatic carbocycles. The number of carbonyl (C=O) groups is 1. The van der Waals surface area contributed by atoms with Gasteiger partial charge in [0.1, 0.15) is 5.69 Å². The molecule has 114 valence electrons. The monoisotopic (exact) mass is 309 g/mol. The summed E-state index contributed by atoms with van der Waals surface area (Å²) >= 11 is 1.90. The molecule has 1 aliphatic rings. The third kappa shape index (κ3) is 4.10. The second-order valence-electron chi connectivity index (χ2n) is 4.88. The van der Waals surface area contributed by atoms with Gasteiger partial charge < -0.3 is 10.6 Å². The molecular weight excluding hydrogens is 290 g/mol. The molecule has 0 saturated carbocycles. The summed E-state index contributed by atoms with van der Waals surface area (Å²) in [5.41, 5.74) is 0.826. The van der Waals surface area contributed by atoms with Crippen molar-refractivity contribution >= 4 is 29.0 Å². The van der Waals surface area contributed by atoms with Gasteiger partial charge in [-0.25, -0.2) is 0 Å². The zero-order chi connectivity index (χ0) is 15.2. The Hall–Kier alpha value is -1.76. The molecule has 1 amide bonds. The first-order valence-electron chi connectivity index (χ1n) is 7.02. The molecule has 0 bridgehead atoms. The first-order valence-corrected chi connectivity index (χ1v) is 8.18. The topological polar surface area (TPSA) is 84.3 Å². The lowest BCUT2D eigenvalue weighted by Crippen LogP contribution is -2.37.